The Bertz CT molecular complexity index is 321. The van der Waals surface area contributed by atoms with Crippen molar-refractivity contribution >= 4 is 0 Å². The minimum atomic E-state index is 0.0833. The molecule has 15 heavy (non-hydrogen) atoms. The third-order valence-electron chi connectivity index (χ3n) is 2.43. The van der Waals surface area contributed by atoms with Gasteiger partial charge < -0.3 is 5.32 Å². The topological polar surface area (TPSA) is 35.8 Å². The predicted molar refractivity (Wildman–Crippen MR) is 62.3 cm³/mol. The number of aryl methyl sites for hydroxylation is 1. The van der Waals surface area contributed by atoms with Crippen LogP contribution in [0.5, 0.6) is 0 Å². The maximum absolute atomic E-state index is 8.61. The second kappa shape index (κ2) is 6.21. The summed E-state index contributed by atoms with van der Waals surface area (Å²) in [7, 11) is 0. The van der Waals surface area contributed by atoms with Gasteiger partial charge in [0.15, 0.2) is 0 Å². The molecule has 1 aromatic carbocycles. The summed E-state index contributed by atoms with van der Waals surface area (Å²) in [5.41, 5.74) is 2.64. The highest BCUT2D eigenvalue weighted by molar-refractivity contribution is 5.22. The highest BCUT2D eigenvalue weighted by Crippen LogP contribution is 2.04. The molecule has 80 valence electrons. The number of rotatable bonds is 5. The van der Waals surface area contributed by atoms with Crippen molar-refractivity contribution in [1.29, 1.82) is 5.26 Å². The van der Waals surface area contributed by atoms with Gasteiger partial charge in [-0.05, 0) is 24.5 Å². The van der Waals surface area contributed by atoms with E-state index >= 15 is 0 Å². The van der Waals surface area contributed by atoms with E-state index in [9.17, 15) is 0 Å². The predicted octanol–water partition coefficient (Wildman–Crippen LogP) is 2.50. The molecule has 0 aliphatic rings. The Kier molecular flexibility index (Phi) is 4.86. The number of benzene rings is 1. The molecule has 0 aliphatic heterocycles. The molecule has 0 heterocycles. The van der Waals surface area contributed by atoms with Gasteiger partial charge in [-0.2, -0.15) is 5.26 Å². The molecule has 1 aromatic rings. The fraction of sp³-hybridized carbons (Fsp3) is 0.462. The molecule has 1 N–H and O–H groups in total. The SMILES string of the molecule is CCc1ccc(CNCC(C)C#N)cc1. The minimum absolute atomic E-state index is 0.0833. The highest BCUT2D eigenvalue weighted by atomic mass is 14.8. The smallest absolute Gasteiger partial charge is 0.0666 e. The summed E-state index contributed by atoms with van der Waals surface area (Å²) in [6.45, 7) is 5.68. The molecule has 0 saturated heterocycles. The van der Waals surface area contributed by atoms with Gasteiger partial charge >= 0.3 is 0 Å². The summed E-state index contributed by atoms with van der Waals surface area (Å²) in [5.74, 6) is 0.0833. The van der Waals surface area contributed by atoms with Crippen molar-refractivity contribution in [3.63, 3.8) is 0 Å². The van der Waals surface area contributed by atoms with Crippen LogP contribution in [0.1, 0.15) is 25.0 Å². The van der Waals surface area contributed by atoms with E-state index in [0.29, 0.717) is 0 Å². The van der Waals surface area contributed by atoms with E-state index in [0.717, 1.165) is 19.5 Å². The monoisotopic (exact) mass is 202 g/mol. The fourth-order valence-corrected chi connectivity index (χ4v) is 1.37. The lowest BCUT2D eigenvalue weighted by molar-refractivity contribution is 0.601. The van der Waals surface area contributed by atoms with Gasteiger partial charge in [0.25, 0.3) is 0 Å². The first-order valence-corrected chi connectivity index (χ1v) is 5.44. The molecule has 0 bridgehead atoms. The third-order valence-corrected chi connectivity index (χ3v) is 2.43. The molecule has 2 heteroatoms. The second-order valence-corrected chi connectivity index (χ2v) is 3.83. The fourth-order valence-electron chi connectivity index (χ4n) is 1.37. The van der Waals surface area contributed by atoms with E-state index in [1.165, 1.54) is 11.1 Å². The van der Waals surface area contributed by atoms with E-state index in [4.69, 9.17) is 5.26 Å². The van der Waals surface area contributed by atoms with Crippen molar-refractivity contribution < 1.29 is 0 Å². The molecule has 0 saturated carbocycles. The Balaban J connectivity index is 2.35. The Hall–Kier alpha value is -1.33. The van der Waals surface area contributed by atoms with Gasteiger partial charge in [0, 0.05) is 13.1 Å². The molecule has 0 spiro atoms. The van der Waals surface area contributed by atoms with Crippen LogP contribution in [0, 0.1) is 17.2 Å². The second-order valence-electron chi connectivity index (χ2n) is 3.83. The Morgan fingerprint density at radius 2 is 1.87 bits per heavy atom. The number of nitriles is 1. The normalized spacial score (nSPS) is 12.1. The number of nitrogens with zero attached hydrogens (tertiary/aromatic N) is 1. The quantitative estimate of drug-likeness (QED) is 0.796. The molecule has 0 aliphatic carbocycles. The molecule has 1 atom stereocenters. The Labute approximate surface area is 91.9 Å². The largest absolute Gasteiger partial charge is 0.311 e. The van der Waals surface area contributed by atoms with Crippen molar-refractivity contribution in [1.82, 2.24) is 5.32 Å². The van der Waals surface area contributed by atoms with Gasteiger partial charge in [-0.1, -0.05) is 31.2 Å². The van der Waals surface area contributed by atoms with E-state index in [-0.39, 0.29) is 5.92 Å². The first-order chi connectivity index (χ1) is 7.26. The first-order valence-electron chi connectivity index (χ1n) is 5.44. The molecule has 2 nitrogen and oxygen atoms in total. The zero-order valence-corrected chi connectivity index (χ0v) is 9.46. The average Bonchev–Trinajstić information content (AvgIpc) is 2.29. The van der Waals surface area contributed by atoms with E-state index < -0.39 is 0 Å². The molecule has 0 aromatic heterocycles. The van der Waals surface area contributed by atoms with Crippen LogP contribution in [0.25, 0.3) is 0 Å². The third kappa shape index (κ3) is 4.14. The van der Waals surface area contributed by atoms with Crippen molar-refractivity contribution in [2.45, 2.75) is 26.8 Å². The van der Waals surface area contributed by atoms with Crippen molar-refractivity contribution in [2.24, 2.45) is 5.92 Å². The van der Waals surface area contributed by atoms with Crippen LogP contribution < -0.4 is 5.32 Å². The number of hydrogen-bond donors (Lipinski definition) is 1. The summed E-state index contributed by atoms with van der Waals surface area (Å²) in [4.78, 5) is 0. The minimum Gasteiger partial charge on any atom is -0.311 e. The van der Waals surface area contributed by atoms with Crippen LogP contribution in [0.4, 0.5) is 0 Å². The van der Waals surface area contributed by atoms with Crippen LogP contribution in [-0.4, -0.2) is 6.54 Å². The van der Waals surface area contributed by atoms with Crippen LogP contribution in [0.2, 0.25) is 0 Å². The van der Waals surface area contributed by atoms with Crippen molar-refractivity contribution in [3.8, 4) is 6.07 Å². The lowest BCUT2D eigenvalue weighted by atomic mass is 10.1. The van der Waals surface area contributed by atoms with E-state index in [1.54, 1.807) is 0 Å². The molecular weight excluding hydrogens is 184 g/mol. The Morgan fingerprint density at radius 3 is 2.40 bits per heavy atom. The molecular formula is C13H18N2. The highest BCUT2D eigenvalue weighted by Gasteiger charge is 1.98. The standard InChI is InChI=1S/C13H18N2/c1-3-12-4-6-13(7-5-12)10-15-9-11(2)8-14/h4-7,11,15H,3,9-10H2,1-2H3. The first kappa shape index (κ1) is 11.7. The van der Waals surface area contributed by atoms with Crippen molar-refractivity contribution in [2.75, 3.05) is 6.54 Å². The summed E-state index contributed by atoms with van der Waals surface area (Å²) >= 11 is 0. The van der Waals surface area contributed by atoms with Crippen molar-refractivity contribution in [3.05, 3.63) is 35.4 Å². The summed E-state index contributed by atoms with van der Waals surface area (Å²) in [6.07, 6.45) is 1.08. The summed E-state index contributed by atoms with van der Waals surface area (Å²) in [6, 6.07) is 10.8. The molecule has 1 unspecified atom stereocenters. The molecule has 0 fully saturated rings. The number of nitrogens with one attached hydrogen (secondary N) is 1. The zero-order valence-electron chi connectivity index (χ0n) is 9.46. The lowest BCUT2D eigenvalue weighted by Crippen LogP contribution is -2.19. The van der Waals surface area contributed by atoms with Crippen LogP contribution in [-0.2, 0) is 13.0 Å². The molecule has 0 amide bonds. The van der Waals surface area contributed by atoms with Gasteiger partial charge in [0.05, 0.1) is 12.0 Å². The summed E-state index contributed by atoms with van der Waals surface area (Å²) in [5, 5.41) is 11.9. The van der Waals surface area contributed by atoms with Crippen LogP contribution in [0.3, 0.4) is 0 Å². The van der Waals surface area contributed by atoms with Gasteiger partial charge in [0.1, 0.15) is 0 Å². The maximum atomic E-state index is 8.61. The zero-order chi connectivity index (χ0) is 11.1. The molecule has 0 radical (unpaired) electrons. The van der Waals surface area contributed by atoms with Crippen LogP contribution >= 0.6 is 0 Å². The van der Waals surface area contributed by atoms with Gasteiger partial charge in [-0.25, -0.2) is 0 Å². The Morgan fingerprint density at radius 1 is 1.27 bits per heavy atom. The molecule has 1 rings (SSSR count). The average molecular weight is 202 g/mol. The van der Waals surface area contributed by atoms with E-state index in [2.05, 4.69) is 42.6 Å². The lowest BCUT2D eigenvalue weighted by Gasteiger charge is -2.06. The van der Waals surface area contributed by atoms with Gasteiger partial charge in [0.2, 0.25) is 0 Å². The van der Waals surface area contributed by atoms with Crippen LogP contribution in [0.15, 0.2) is 24.3 Å². The van der Waals surface area contributed by atoms with Gasteiger partial charge in [-0.3, -0.25) is 0 Å². The van der Waals surface area contributed by atoms with E-state index in [1.807, 2.05) is 6.92 Å². The number of hydrogen-bond acceptors (Lipinski definition) is 2. The van der Waals surface area contributed by atoms with Gasteiger partial charge in [-0.15, -0.1) is 0 Å². The summed E-state index contributed by atoms with van der Waals surface area (Å²) < 4.78 is 0. The maximum Gasteiger partial charge on any atom is 0.0666 e.